The first-order valence-corrected chi connectivity index (χ1v) is 9.97. The second-order valence-electron chi connectivity index (χ2n) is 6.83. The third-order valence-corrected chi connectivity index (χ3v) is 4.63. The number of rotatable bonds is 10. The van der Waals surface area contributed by atoms with Gasteiger partial charge in [0.25, 0.3) is 5.91 Å². The Morgan fingerprint density at radius 3 is 2.45 bits per heavy atom. The van der Waals surface area contributed by atoms with E-state index in [1.807, 2.05) is 43.3 Å². The molecule has 2 aromatic rings. The van der Waals surface area contributed by atoms with E-state index in [1.165, 1.54) is 0 Å². The molecule has 2 N–H and O–H groups in total. The molecule has 7 heteroatoms. The number of hydrazone groups is 1. The second kappa shape index (κ2) is 11.9. The van der Waals surface area contributed by atoms with E-state index in [9.17, 15) is 9.59 Å². The molecule has 2 rings (SSSR count). The smallest absolute Gasteiger partial charge is 0.252 e. The Morgan fingerprint density at radius 1 is 1.03 bits per heavy atom. The predicted octanol–water partition coefficient (Wildman–Crippen LogP) is 3.85. The third-order valence-electron chi connectivity index (χ3n) is 4.30. The summed E-state index contributed by atoms with van der Waals surface area (Å²) in [5, 5.41) is 7.27. The third kappa shape index (κ3) is 7.95. The lowest BCUT2D eigenvalue weighted by Crippen LogP contribution is -2.24. The summed E-state index contributed by atoms with van der Waals surface area (Å²) in [6, 6.07) is 14.8. The summed E-state index contributed by atoms with van der Waals surface area (Å²) < 4.78 is 0. The second-order valence-corrected chi connectivity index (χ2v) is 7.23. The fraction of sp³-hybridized carbons (Fsp3) is 0.318. The van der Waals surface area contributed by atoms with Crippen molar-refractivity contribution in [3.63, 3.8) is 0 Å². The minimum atomic E-state index is -0.179. The van der Waals surface area contributed by atoms with Crippen molar-refractivity contribution in [3.05, 3.63) is 64.7 Å². The number of amides is 2. The van der Waals surface area contributed by atoms with Gasteiger partial charge in [-0.05, 0) is 42.7 Å². The molecule has 0 aliphatic carbocycles. The lowest BCUT2D eigenvalue weighted by atomic mass is 10.1. The monoisotopic (exact) mass is 414 g/mol. The van der Waals surface area contributed by atoms with E-state index in [4.69, 9.17) is 11.6 Å². The summed E-state index contributed by atoms with van der Waals surface area (Å²) >= 11 is 6.00. The lowest BCUT2D eigenvalue weighted by molar-refractivity contribution is -0.121. The Bertz CT molecular complexity index is 835. The first-order valence-electron chi connectivity index (χ1n) is 9.59. The van der Waals surface area contributed by atoms with Crippen LogP contribution in [0.2, 0.25) is 5.02 Å². The number of anilines is 1. The molecule has 0 atom stereocenters. The van der Waals surface area contributed by atoms with Crippen LogP contribution in [0.5, 0.6) is 0 Å². The lowest BCUT2D eigenvalue weighted by Gasteiger charge is -2.11. The maximum atomic E-state index is 12.0. The fourth-order valence-corrected chi connectivity index (χ4v) is 2.84. The Labute approximate surface area is 176 Å². The Hall–Kier alpha value is -2.86. The predicted molar refractivity (Wildman–Crippen MR) is 119 cm³/mol. The van der Waals surface area contributed by atoms with Gasteiger partial charge in [-0.1, -0.05) is 42.3 Å². The normalized spacial score (nSPS) is 10.7. The van der Waals surface area contributed by atoms with Gasteiger partial charge in [0.05, 0.1) is 16.8 Å². The van der Waals surface area contributed by atoms with Gasteiger partial charge >= 0.3 is 0 Å². The summed E-state index contributed by atoms with van der Waals surface area (Å²) in [7, 11) is 3.96. The average molecular weight is 415 g/mol. The maximum absolute atomic E-state index is 12.0. The number of nitrogens with zero attached hydrogens (tertiary/aromatic N) is 2. The zero-order chi connectivity index (χ0) is 21.1. The van der Waals surface area contributed by atoms with E-state index in [-0.39, 0.29) is 11.8 Å². The molecule has 0 radical (unpaired) electrons. The van der Waals surface area contributed by atoms with Gasteiger partial charge in [0, 0.05) is 32.7 Å². The number of carbonyl (C=O) groups excluding carboxylic acids is 2. The van der Waals surface area contributed by atoms with E-state index in [0.29, 0.717) is 23.6 Å². The molecule has 2 amide bonds. The summed E-state index contributed by atoms with van der Waals surface area (Å²) in [6.45, 7) is 0.548. The molecule has 2 aromatic carbocycles. The van der Waals surface area contributed by atoms with E-state index in [1.54, 1.807) is 30.5 Å². The number of hydrogen-bond donors (Lipinski definition) is 2. The molecule has 6 nitrogen and oxygen atoms in total. The van der Waals surface area contributed by atoms with Crippen molar-refractivity contribution in [1.82, 2.24) is 10.7 Å². The molecular formula is C22H27ClN4O2. The minimum Gasteiger partial charge on any atom is -0.378 e. The number of carbonyl (C=O) groups is 2. The summed E-state index contributed by atoms with van der Waals surface area (Å²) in [6.07, 6.45) is 4.40. The number of nitrogens with one attached hydrogen (secondary N) is 2. The molecule has 29 heavy (non-hydrogen) atoms. The highest BCUT2D eigenvalue weighted by Crippen LogP contribution is 2.14. The van der Waals surface area contributed by atoms with Crippen molar-refractivity contribution in [1.29, 1.82) is 0 Å². The molecule has 0 fully saturated rings. The Kier molecular flexibility index (Phi) is 9.18. The van der Waals surface area contributed by atoms with Gasteiger partial charge < -0.3 is 10.2 Å². The van der Waals surface area contributed by atoms with Crippen LogP contribution in [0.4, 0.5) is 5.69 Å². The van der Waals surface area contributed by atoms with Crippen LogP contribution in [-0.2, 0) is 4.79 Å². The van der Waals surface area contributed by atoms with E-state index in [2.05, 4.69) is 15.8 Å². The van der Waals surface area contributed by atoms with Crippen molar-refractivity contribution in [2.45, 2.75) is 25.7 Å². The van der Waals surface area contributed by atoms with Crippen LogP contribution in [0.1, 0.15) is 41.6 Å². The van der Waals surface area contributed by atoms with Gasteiger partial charge in [0.1, 0.15) is 0 Å². The standard InChI is InChI=1S/C22H27ClN4O2/c1-27(2)18-13-11-17(12-14-18)16-25-26-21(28)10-4-3-7-15-24-22(29)19-8-5-6-9-20(19)23/h5-6,8-9,11-14,16H,3-4,7,10,15H2,1-2H3,(H,24,29)(H,26,28). The van der Waals surface area contributed by atoms with Crippen LogP contribution in [0.15, 0.2) is 53.6 Å². The molecule has 0 saturated carbocycles. The number of halogens is 1. The fourth-order valence-electron chi connectivity index (χ4n) is 2.62. The minimum absolute atomic E-state index is 0.119. The molecule has 0 unspecified atom stereocenters. The van der Waals surface area contributed by atoms with Crippen LogP contribution in [0.25, 0.3) is 0 Å². The van der Waals surface area contributed by atoms with Gasteiger partial charge in [0.15, 0.2) is 0 Å². The first-order chi connectivity index (χ1) is 14.0. The summed E-state index contributed by atoms with van der Waals surface area (Å²) in [5.41, 5.74) is 5.04. The molecule has 0 heterocycles. The molecule has 0 aromatic heterocycles. The average Bonchev–Trinajstić information content (AvgIpc) is 2.71. The molecular weight excluding hydrogens is 388 g/mol. The molecule has 0 bridgehead atoms. The van der Waals surface area contributed by atoms with E-state index < -0.39 is 0 Å². The van der Waals surface area contributed by atoms with Crippen molar-refractivity contribution in [3.8, 4) is 0 Å². The SMILES string of the molecule is CN(C)c1ccc(C=NNC(=O)CCCCCNC(=O)c2ccccc2Cl)cc1. The topological polar surface area (TPSA) is 73.8 Å². The van der Waals surface area contributed by atoms with Gasteiger partial charge in [-0.15, -0.1) is 0 Å². The van der Waals surface area contributed by atoms with Gasteiger partial charge in [-0.3, -0.25) is 9.59 Å². The van der Waals surface area contributed by atoms with E-state index in [0.717, 1.165) is 30.5 Å². The van der Waals surface area contributed by atoms with Crippen LogP contribution < -0.4 is 15.6 Å². The molecule has 154 valence electrons. The van der Waals surface area contributed by atoms with Crippen molar-refractivity contribution in [2.24, 2.45) is 5.10 Å². The van der Waals surface area contributed by atoms with E-state index >= 15 is 0 Å². The largest absolute Gasteiger partial charge is 0.378 e. The highest BCUT2D eigenvalue weighted by Gasteiger charge is 2.08. The highest BCUT2D eigenvalue weighted by molar-refractivity contribution is 6.33. The molecule has 0 spiro atoms. The van der Waals surface area contributed by atoms with Crippen LogP contribution in [0, 0.1) is 0 Å². The van der Waals surface area contributed by atoms with Crippen LogP contribution in [-0.4, -0.2) is 38.7 Å². The maximum Gasteiger partial charge on any atom is 0.252 e. The molecule has 0 saturated heterocycles. The van der Waals surface area contributed by atoms with Crippen molar-refractivity contribution < 1.29 is 9.59 Å². The zero-order valence-electron chi connectivity index (χ0n) is 16.8. The van der Waals surface area contributed by atoms with Crippen molar-refractivity contribution >= 4 is 35.3 Å². The molecule has 0 aliphatic rings. The van der Waals surface area contributed by atoms with Gasteiger partial charge in [-0.2, -0.15) is 5.10 Å². The first kappa shape index (κ1) is 22.4. The van der Waals surface area contributed by atoms with Gasteiger partial charge in [-0.25, -0.2) is 5.43 Å². The van der Waals surface area contributed by atoms with Crippen molar-refractivity contribution in [2.75, 3.05) is 25.5 Å². The number of hydrogen-bond acceptors (Lipinski definition) is 4. The quantitative estimate of drug-likeness (QED) is 0.352. The summed E-state index contributed by atoms with van der Waals surface area (Å²) in [4.78, 5) is 25.9. The number of benzene rings is 2. The Morgan fingerprint density at radius 2 is 1.76 bits per heavy atom. The van der Waals surface area contributed by atoms with Gasteiger partial charge in [0.2, 0.25) is 5.91 Å². The zero-order valence-corrected chi connectivity index (χ0v) is 17.6. The number of unbranched alkanes of at least 4 members (excludes halogenated alkanes) is 2. The van der Waals surface area contributed by atoms with Crippen LogP contribution >= 0.6 is 11.6 Å². The highest BCUT2D eigenvalue weighted by atomic mass is 35.5. The van der Waals surface area contributed by atoms with Crippen LogP contribution in [0.3, 0.4) is 0 Å². The Balaban J connectivity index is 1.57. The molecule has 0 aliphatic heterocycles. The summed E-state index contributed by atoms with van der Waals surface area (Å²) in [5.74, 6) is -0.299.